The monoisotopic (exact) mass is 215 g/mol. The van der Waals surface area contributed by atoms with E-state index < -0.39 is 12.2 Å². The van der Waals surface area contributed by atoms with Crippen molar-refractivity contribution in [3.05, 3.63) is 34.9 Å². The Morgan fingerprint density at radius 3 is 2.47 bits per heavy atom. The fourth-order valence-electron chi connectivity index (χ4n) is 1.97. The number of benzene rings is 1. The van der Waals surface area contributed by atoms with E-state index in [2.05, 4.69) is 0 Å². The van der Waals surface area contributed by atoms with Gasteiger partial charge in [-0.05, 0) is 36.0 Å². The molecule has 0 fully saturated rings. The molecule has 0 saturated heterocycles. The van der Waals surface area contributed by atoms with Gasteiger partial charge in [0.05, 0.1) is 0 Å². The number of aryl methyl sites for hydroxylation is 2. The Morgan fingerprint density at radius 1 is 1.13 bits per heavy atom. The lowest BCUT2D eigenvalue weighted by molar-refractivity contribution is -0.149. The Hall–Kier alpha value is -1.03. The fraction of sp³-hybridized carbons (Fsp3) is 0.455. The Balaban J connectivity index is 2.31. The number of rotatable bonds is 1. The summed E-state index contributed by atoms with van der Waals surface area (Å²) in [6.45, 7) is 0. The second kappa shape index (κ2) is 3.52. The van der Waals surface area contributed by atoms with Crippen LogP contribution in [0.1, 0.15) is 29.2 Å². The molecule has 82 valence electrons. The van der Waals surface area contributed by atoms with Gasteiger partial charge in [-0.3, -0.25) is 0 Å². The first kappa shape index (κ1) is 10.5. The van der Waals surface area contributed by atoms with E-state index >= 15 is 0 Å². The van der Waals surface area contributed by atoms with E-state index in [1.54, 1.807) is 12.1 Å². The van der Waals surface area contributed by atoms with Crippen LogP contribution in [0.4, 0.5) is 13.2 Å². The van der Waals surface area contributed by atoms with Gasteiger partial charge in [0.15, 0.2) is 0 Å². The van der Waals surface area contributed by atoms with Crippen molar-refractivity contribution in [3.8, 4) is 0 Å². The number of halogens is 3. The summed E-state index contributed by atoms with van der Waals surface area (Å²) in [6, 6.07) is 3.00. The summed E-state index contributed by atoms with van der Waals surface area (Å²) in [5.41, 5.74) is 7.49. The van der Waals surface area contributed by atoms with E-state index in [4.69, 9.17) is 5.73 Å². The van der Waals surface area contributed by atoms with E-state index in [0.717, 1.165) is 30.4 Å². The second-order valence-corrected chi connectivity index (χ2v) is 3.90. The molecule has 1 unspecified atom stereocenters. The van der Waals surface area contributed by atoms with Gasteiger partial charge in [-0.1, -0.05) is 18.2 Å². The van der Waals surface area contributed by atoms with Crippen LogP contribution in [0.3, 0.4) is 0 Å². The standard InChI is InChI=1S/C11H12F3N/c12-11(13,14)10(15)9-5-4-7-2-1-3-8(7)6-9/h4-6,10H,1-3,15H2. The molecule has 0 amide bonds. The highest BCUT2D eigenvalue weighted by Gasteiger charge is 2.38. The number of fused-ring (bicyclic) bond motifs is 1. The van der Waals surface area contributed by atoms with Gasteiger partial charge in [-0.25, -0.2) is 0 Å². The summed E-state index contributed by atoms with van der Waals surface area (Å²) in [4.78, 5) is 0. The Labute approximate surface area is 86.1 Å². The molecule has 0 aliphatic heterocycles. The topological polar surface area (TPSA) is 26.0 Å². The normalized spacial score (nSPS) is 17.6. The Bertz CT molecular complexity index is 371. The molecular weight excluding hydrogens is 203 g/mol. The lowest BCUT2D eigenvalue weighted by atomic mass is 10.0. The van der Waals surface area contributed by atoms with Crippen molar-refractivity contribution in [1.29, 1.82) is 0 Å². The van der Waals surface area contributed by atoms with E-state index in [1.807, 2.05) is 0 Å². The van der Waals surface area contributed by atoms with Crippen LogP contribution in [0.2, 0.25) is 0 Å². The Morgan fingerprint density at radius 2 is 1.80 bits per heavy atom. The molecule has 1 aromatic rings. The van der Waals surface area contributed by atoms with Crippen LogP contribution in [-0.2, 0) is 12.8 Å². The zero-order valence-corrected chi connectivity index (χ0v) is 8.14. The second-order valence-electron chi connectivity index (χ2n) is 3.90. The van der Waals surface area contributed by atoms with Crippen LogP contribution in [0.15, 0.2) is 18.2 Å². The average molecular weight is 215 g/mol. The van der Waals surface area contributed by atoms with Gasteiger partial charge in [0.1, 0.15) is 6.04 Å². The minimum Gasteiger partial charge on any atom is -0.316 e. The third-order valence-electron chi connectivity index (χ3n) is 2.83. The third kappa shape index (κ3) is 2.00. The van der Waals surface area contributed by atoms with Gasteiger partial charge in [0, 0.05) is 0 Å². The number of hydrogen-bond acceptors (Lipinski definition) is 1. The van der Waals surface area contributed by atoms with Gasteiger partial charge in [0.25, 0.3) is 0 Å². The SMILES string of the molecule is NC(c1ccc2c(c1)CCC2)C(F)(F)F. The summed E-state index contributed by atoms with van der Waals surface area (Å²) in [5.74, 6) is 0. The molecule has 2 N–H and O–H groups in total. The van der Waals surface area contributed by atoms with Crippen LogP contribution in [-0.4, -0.2) is 6.18 Å². The largest absolute Gasteiger partial charge is 0.407 e. The first-order valence-electron chi connectivity index (χ1n) is 4.92. The molecule has 4 heteroatoms. The number of hydrogen-bond donors (Lipinski definition) is 1. The van der Waals surface area contributed by atoms with E-state index in [1.165, 1.54) is 6.07 Å². The quantitative estimate of drug-likeness (QED) is 0.765. The van der Waals surface area contributed by atoms with E-state index in [9.17, 15) is 13.2 Å². The zero-order chi connectivity index (χ0) is 11.1. The highest BCUT2D eigenvalue weighted by molar-refractivity contribution is 5.36. The maximum atomic E-state index is 12.4. The summed E-state index contributed by atoms with van der Waals surface area (Å²) in [6.07, 6.45) is -1.49. The summed E-state index contributed by atoms with van der Waals surface area (Å²) < 4.78 is 37.1. The summed E-state index contributed by atoms with van der Waals surface area (Å²) in [5, 5.41) is 0. The molecule has 15 heavy (non-hydrogen) atoms. The lowest BCUT2D eigenvalue weighted by Gasteiger charge is -2.16. The van der Waals surface area contributed by atoms with Crippen molar-refractivity contribution < 1.29 is 13.2 Å². The molecule has 1 aromatic carbocycles. The van der Waals surface area contributed by atoms with Gasteiger partial charge in [-0.2, -0.15) is 13.2 Å². The van der Waals surface area contributed by atoms with Crippen LogP contribution >= 0.6 is 0 Å². The Kier molecular flexibility index (Phi) is 2.46. The van der Waals surface area contributed by atoms with Crippen molar-refractivity contribution in [3.63, 3.8) is 0 Å². The zero-order valence-electron chi connectivity index (χ0n) is 8.14. The highest BCUT2D eigenvalue weighted by atomic mass is 19.4. The fourth-order valence-corrected chi connectivity index (χ4v) is 1.97. The molecule has 0 heterocycles. The maximum absolute atomic E-state index is 12.4. The van der Waals surface area contributed by atoms with Crippen molar-refractivity contribution in [1.82, 2.24) is 0 Å². The predicted octanol–water partition coefficient (Wildman–Crippen LogP) is 2.74. The van der Waals surface area contributed by atoms with Gasteiger partial charge < -0.3 is 5.73 Å². The maximum Gasteiger partial charge on any atom is 0.407 e. The van der Waals surface area contributed by atoms with E-state index in [-0.39, 0.29) is 5.56 Å². The van der Waals surface area contributed by atoms with Crippen LogP contribution in [0.25, 0.3) is 0 Å². The molecule has 2 rings (SSSR count). The minimum absolute atomic E-state index is 0.170. The van der Waals surface area contributed by atoms with Gasteiger partial charge >= 0.3 is 6.18 Å². The van der Waals surface area contributed by atoms with Gasteiger partial charge in [-0.15, -0.1) is 0 Å². The summed E-state index contributed by atoms with van der Waals surface area (Å²) >= 11 is 0. The van der Waals surface area contributed by atoms with Crippen molar-refractivity contribution in [2.45, 2.75) is 31.5 Å². The van der Waals surface area contributed by atoms with Gasteiger partial charge in [0.2, 0.25) is 0 Å². The smallest absolute Gasteiger partial charge is 0.316 e. The molecule has 1 aliphatic carbocycles. The van der Waals surface area contributed by atoms with Crippen LogP contribution < -0.4 is 5.73 Å². The number of nitrogens with two attached hydrogens (primary N) is 1. The highest BCUT2D eigenvalue weighted by Crippen LogP contribution is 2.32. The lowest BCUT2D eigenvalue weighted by Crippen LogP contribution is -2.28. The van der Waals surface area contributed by atoms with Crippen LogP contribution in [0.5, 0.6) is 0 Å². The molecule has 0 aromatic heterocycles. The molecule has 0 radical (unpaired) electrons. The number of alkyl halides is 3. The molecule has 1 nitrogen and oxygen atoms in total. The third-order valence-corrected chi connectivity index (χ3v) is 2.83. The van der Waals surface area contributed by atoms with Crippen molar-refractivity contribution in [2.75, 3.05) is 0 Å². The molecule has 0 saturated carbocycles. The molecule has 1 atom stereocenters. The van der Waals surface area contributed by atoms with Crippen molar-refractivity contribution in [2.24, 2.45) is 5.73 Å². The van der Waals surface area contributed by atoms with Crippen LogP contribution in [0, 0.1) is 0 Å². The molecule has 0 bridgehead atoms. The molecule has 1 aliphatic rings. The van der Waals surface area contributed by atoms with Crippen molar-refractivity contribution >= 4 is 0 Å². The summed E-state index contributed by atoms with van der Waals surface area (Å²) in [7, 11) is 0. The first-order valence-corrected chi connectivity index (χ1v) is 4.92. The predicted molar refractivity (Wildman–Crippen MR) is 51.5 cm³/mol. The van der Waals surface area contributed by atoms with E-state index in [0.29, 0.717) is 0 Å². The molecule has 0 spiro atoms. The average Bonchev–Trinajstić information content (AvgIpc) is 2.61. The minimum atomic E-state index is -4.35. The first-order chi connectivity index (χ1) is 6.98. The molecular formula is C11H12F3N.